The number of Topliss-reactive ketones (excluding diaryl/α,β-unsaturated/α-hetero) is 1. The Morgan fingerprint density at radius 3 is 2.31 bits per heavy atom. The van der Waals surface area contributed by atoms with Crippen molar-refractivity contribution in [2.45, 2.75) is 268 Å². The minimum atomic E-state index is -2.32. The Hall–Kier alpha value is -1.73. The molecule has 0 saturated carbocycles. The van der Waals surface area contributed by atoms with E-state index in [1.807, 2.05) is 0 Å². The third kappa shape index (κ3) is 11.3. The molecule has 7 aliphatic heterocycles. The summed E-state index contributed by atoms with van der Waals surface area (Å²) in [6.07, 6.45) is 13.9. The first kappa shape index (κ1) is 56.5. The summed E-state index contributed by atoms with van der Waals surface area (Å²) in [5.41, 5.74) is 0.974. The number of carbonyl (C=O) groups is 2. The Balaban J connectivity index is 1.20. The Morgan fingerprint density at radius 1 is 0.903 bits per heavy atom. The molecule has 8 rings (SSSR count). The van der Waals surface area contributed by atoms with Crippen LogP contribution in [-0.4, -0.2) is 108 Å². The second-order valence-corrected chi connectivity index (χ2v) is 35.4. The Kier molecular flexibility index (Phi) is 16.9. The van der Waals surface area contributed by atoms with Crippen LogP contribution in [0.15, 0.2) is 36.5 Å². The van der Waals surface area contributed by atoms with Crippen molar-refractivity contribution in [3.63, 3.8) is 0 Å². The fourth-order valence-corrected chi connectivity index (χ4v) is 18.6. The van der Waals surface area contributed by atoms with Gasteiger partial charge in [-0.2, -0.15) is 0 Å². The molecule has 408 valence electrons. The van der Waals surface area contributed by atoms with Crippen molar-refractivity contribution < 1.29 is 51.6 Å². The van der Waals surface area contributed by atoms with E-state index in [4.69, 9.17) is 42.0 Å². The number of nitrogens with one attached hydrogen (secondary N) is 1. The van der Waals surface area contributed by atoms with Crippen molar-refractivity contribution in [2.75, 3.05) is 19.8 Å². The molecule has 7 bridgehead atoms. The summed E-state index contributed by atoms with van der Waals surface area (Å²) in [6.45, 7) is 37.1. The molecular formula is C58H97NO11Si2. The monoisotopic (exact) mass is 1040 g/mol. The number of epoxide rings is 1. The number of hydrogen-bond donors (Lipinski definition) is 1. The summed E-state index contributed by atoms with van der Waals surface area (Å²) < 4.78 is 64.2. The molecule has 15 atom stereocenters. The summed E-state index contributed by atoms with van der Waals surface area (Å²) in [5.74, 6) is -2.49. The van der Waals surface area contributed by atoms with Crippen LogP contribution in [-0.2, 0) is 46.8 Å². The third-order valence-electron chi connectivity index (χ3n) is 20.0. The van der Waals surface area contributed by atoms with Crippen molar-refractivity contribution in [3.8, 4) is 0 Å². The van der Waals surface area contributed by atoms with Gasteiger partial charge in [-0.05, 0) is 131 Å². The van der Waals surface area contributed by atoms with Crippen LogP contribution in [0.4, 0.5) is 4.79 Å². The first-order valence-corrected chi connectivity index (χ1v) is 34.2. The molecule has 8 aliphatic rings. The molecule has 1 amide bonds. The van der Waals surface area contributed by atoms with Crippen molar-refractivity contribution in [1.82, 2.24) is 5.32 Å². The number of hydrogen-bond acceptors (Lipinski definition) is 11. The van der Waals surface area contributed by atoms with Gasteiger partial charge in [0.1, 0.15) is 30.2 Å². The Morgan fingerprint density at radius 2 is 1.62 bits per heavy atom. The largest absolute Gasteiger partial charge is 0.445 e. The first-order valence-electron chi connectivity index (χ1n) is 28.8. The Bertz CT molecular complexity index is 1990. The fraction of sp³-hybridized carbons (Fsp3) is 0.862. The number of fused-ring (bicyclic) bond motifs is 7. The molecule has 1 aliphatic carbocycles. The van der Waals surface area contributed by atoms with Crippen molar-refractivity contribution in [2.24, 2.45) is 29.1 Å². The minimum absolute atomic E-state index is 0.0269. The second kappa shape index (κ2) is 21.6. The molecular weight excluding hydrogens is 943 g/mol. The van der Waals surface area contributed by atoms with E-state index in [0.29, 0.717) is 64.5 Å². The molecule has 7 fully saturated rings. The molecule has 72 heavy (non-hydrogen) atoms. The van der Waals surface area contributed by atoms with Crippen LogP contribution in [0.3, 0.4) is 0 Å². The van der Waals surface area contributed by atoms with Crippen LogP contribution in [0.5, 0.6) is 0 Å². The lowest BCUT2D eigenvalue weighted by molar-refractivity contribution is -0.400. The predicted molar refractivity (Wildman–Crippen MR) is 286 cm³/mol. The van der Waals surface area contributed by atoms with Crippen LogP contribution in [0, 0.1) is 29.1 Å². The van der Waals surface area contributed by atoms with Gasteiger partial charge in [0.2, 0.25) is 0 Å². The predicted octanol–water partition coefficient (Wildman–Crippen LogP) is 13.0. The lowest BCUT2D eigenvalue weighted by Crippen LogP contribution is -2.65. The van der Waals surface area contributed by atoms with Crippen LogP contribution in [0.2, 0.25) is 36.3 Å². The topological polar surface area (TPSA) is 133 Å². The summed E-state index contributed by atoms with van der Waals surface area (Å²) in [5, 5.41) is 2.96. The average molecular weight is 1040 g/mol. The molecule has 0 aromatic rings. The number of ketones is 1. The van der Waals surface area contributed by atoms with Gasteiger partial charge in [-0.15, -0.1) is 0 Å². The molecule has 3 spiro atoms. The van der Waals surface area contributed by atoms with Crippen molar-refractivity contribution in [1.29, 1.82) is 0 Å². The maximum Gasteiger partial charge on any atom is 0.407 e. The summed E-state index contributed by atoms with van der Waals surface area (Å²) >= 11 is 0. The normalized spacial score (nSPS) is 40.4. The maximum atomic E-state index is 15.9. The number of ether oxygens (including phenoxy) is 7. The van der Waals surface area contributed by atoms with Gasteiger partial charge in [0, 0.05) is 56.4 Å². The van der Waals surface area contributed by atoms with Gasteiger partial charge in [-0.3, -0.25) is 4.79 Å². The van der Waals surface area contributed by atoms with Gasteiger partial charge < -0.3 is 47.3 Å². The summed E-state index contributed by atoms with van der Waals surface area (Å²) in [4.78, 5) is 28.6. The van der Waals surface area contributed by atoms with Gasteiger partial charge in [0.25, 0.3) is 0 Å². The zero-order valence-electron chi connectivity index (χ0n) is 46.9. The molecule has 14 heteroatoms. The van der Waals surface area contributed by atoms with E-state index in [-0.39, 0.29) is 65.5 Å². The van der Waals surface area contributed by atoms with Gasteiger partial charge in [-0.1, -0.05) is 93.2 Å². The number of rotatable bonds is 15. The summed E-state index contributed by atoms with van der Waals surface area (Å²) in [6, 6.07) is 3.15. The molecule has 0 unspecified atom stereocenters. The highest BCUT2D eigenvalue weighted by Crippen LogP contribution is 2.60. The molecule has 0 aromatic heterocycles. The van der Waals surface area contributed by atoms with Gasteiger partial charge in [-0.25, -0.2) is 4.79 Å². The fourth-order valence-electron chi connectivity index (χ4n) is 14.1. The zero-order valence-corrected chi connectivity index (χ0v) is 48.9. The molecule has 0 radical (unpaired) electrons. The standard InChI is InChI=1S/C58H97NO11Si2/c1-15-31-62-52(61)59-37-42(8)40(6)34-55-28-24-43(47-38-63-47)33-46(55)50-51-49(68-71(13,14)53(9,10)11)41(7)35-57(66-50,67-51)36-45-22-20-26-56(64-45)29-30-58(69-56)54(12,70-72(16-2,17-3)18-4)27-25-44(65-58)32-39(5)21-19-23-48(55)60/h15,33,40-42,44-47,49-51H,1,5,16-32,34-38H2,2-4,6-14H3,(H,59,61)/t40-,41+,42-,44-,45+,46+,47+,49+,50-,51-,54+,55-,56+,57+,58+/m0/s1. The van der Waals surface area contributed by atoms with E-state index in [0.717, 1.165) is 75.1 Å². The van der Waals surface area contributed by atoms with Crippen LogP contribution >= 0.6 is 0 Å². The molecule has 7 heterocycles. The molecule has 12 nitrogen and oxygen atoms in total. The SMILES string of the molecule is C=CCOC(=O)NC[C@H](C)[C@@H](C)C[C@@]12CCC([C@H]3CO3)=C[C@@H]1[C@@H]1O[C@]3(C[C@H]4CCC[C@@]5(CC[C@@]6(O[C@@H](CC[C@@]6(C)O[Si](CC)(CC)CC)CC(=C)CCCC2=O)O5)O4)C[C@@H](C)[C@@H](O[Si](C)(C)C(C)(C)C)[C@@H]1O3. The Labute approximate surface area is 436 Å². The summed E-state index contributed by atoms with van der Waals surface area (Å²) in [7, 11) is -4.41. The minimum Gasteiger partial charge on any atom is -0.445 e. The van der Waals surface area contributed by atoms with Gasteiger partial charge >= 0.3 is 6.09 Å². The highest BCUT2D eigenvalue weighted by molar-refractivity contribution is 6.74. The van der Waals surface area contributed by atoms with Gasteiger partial charge in [0.15, 0.2) is 34.0 Å². The van der Waals surface area contributed by atoms with E-state index in [1.54, 1.807) is 6.08 Å². The highest BCUT2D eigenvalue weighted by atomic mass is 28.4. The van der Waals surface area contributed by atoms with Crippen molar-refractivity contribution >= 4 is 28.5 Å². The van der Waals surface area contributed by atoms with Crippen LogP contribution < -0.4 is 5.32 Å². The van der Waals surface area contributed by atoms with E-state index >= 15 is 4.79 Å². The number of amides is 1. The highest BCUT2D eigenvalue weighted by Gasteiger charge is 2.68. The van der Waals surface area contributed by atoms with E-state index < -0.39 is 63.3 Å². The molecule has 1 N–H and O–H groups in total. The van der Waals surface area contributed by atoms with Crippen molar-refractivity contribution in [3.05, 3.63) is 36.5 Å². The smallest absolute Gasteiger partial charge is 0.407 e. The zero-order chi connectivity index (χ0) is 52.1. The second-order valence-electron chi connectivity index (χ2n) is 26.0. The number of carbonyl (C=O) groups excluding carboxylic acids is 2. The lowest BCUT2D eigenvalue weighted by Gasteiger charge is -2.55. The van der Waals surface area contributed by atoms with E-state index in [1.165, 1.54) is 5.57 Å². The lowest BCUT2D eigenvalue weighted by atomic mass is 9.57. The number of alkyl carbamates (subject to hydrolysis) is 1. The maximum absolute atomic E-state index is 15.9. The van der Waals surface area contributed by atoms with E-state index in [2.05, 4.69) is 107 Å². The third-order valence-corrected chi connectivity index (χ3v) is 29.2. The average Bonchev–Trinajstić information content (AvgIpc) is 4.06. The first-order chi connectivity index (χ1) is 33.9. The quantitative estimate of drug-likeness (QED) is 0.0955. The van der Waals surface area contributed by atoms with E-state index in [9.17, 15) is 4.79 Å². The van der Waals surface area contributed by atoms with Gasteiger partial charge in [0.05, 0.1) is 31.0 Å². The molecule has 0 aromatic carbocycles. The van der Waals surface area contributed by atoms with Crippen LogP contribution in [0.25, 0.3) is 0 Å². The van der Waals surface area contributed by atoms with Crippen LogP contribution in [0.1, 0.15) is 172 Å². The molecule has 7 saturated heterocycles.